The lowest BCUT2D eigenvalue weighted by molar-refractivity contribution is 1.13. The molecule has 0 N–H and O–H groups in total. The van der Waals surface area contributed by atoms with Crippen LogP contribution in [-0.4, -0.2) is 22.2 Å². The molecule has 0 aliphatic rings. The summed E-state index contributed by atoms with van der Waals surface area (Å²) in [7, 11) is 2.53. The van der Waals surface area contributed by atoms with E-state index >= 15 is 0 Å². The van der Waals surface area contributed by atoms with Gasteiger partial charge >= 0.3 is 0 Å². The molecule has 0 aromatic heterocycles. The van der Waals surface area contributed by atoms with Crippen LogP contribution in [0.3, 0.4) is 0 Å². The zero-order valence-electron chi connectivity index (χ0n) is 15.0. The highest BCUT2D eigenvalue weighted by molar-refractivity contribution is 7.00. The van der Waals surface area contributed by atoms with Crippen molar-refractivity contribution >= 4 is 24.1 Å². The summed E-state index contributed by atoms with van der Waals surface area (Å²) < 4.78 is 0. The van der Waals surface area contributed by atoms with Crippen LogP contribution in [-0.2, 0) is 0 Å². The number of benzene rings is 3. The molecule has 122 valence electrons. The van der Waals surface area contributed by atoms with Gasteiger partial charge in [0.1, 0.15) is 8.07 Å². The predicted octanol–water partition coefficient (Wildman–Crippen LogP) is 4.24. The van der Waals surface area contributed by atoms with Gasteiger partial charge in [0.05, 0.1) is 0 Å². The van der Waals surface area contributed by atoms with Gasteiger partial charge in [0, 0.05) is 25.3 Å². The standard InChI is InChI=1S/C22H25NSi/c1-23(2)22-16-15-20(17-21(22)18-11-7-5-8-12-18)24(3,4)19-13-9-6-10-14-19/h5-17H,1-4H3. The molecule has 0 saturated heterocycles. The van der Waals surface area contributed by atoms with Gasteiger partial charge in [-0.3, -0.25) is 0 Å². The highest BCUT2D eigenvalue weighted by Gasteiger charge is 2.26. The first-order valence-corrected chi connectivity index (χ1v) is 11.4. The van der Waals surface area contributed by atoms with Crippen LogP contribution in [0.2, 0.25) is 13.1 Å². The molecule has 2 heteroatoms. The molecular weight excluding hydrogens is 306 g/mol. The summed E-state index contributed by atoms with van der Waals surface area (Å²) in [6.07, 6.45) is 0. The molecule has 0 unspecified atom stereocenters. The third kappa shape index (κ3) is 3.15. The fourth-order valence-corrected chi connectivity index (χ4v) is 5.55. The van der Waals surface area contributed by atoms with Crippen molar-refractivity contribution in [2.75, 3.05) is 19.0 Å². The Kier molecular flexibility index (Phi) is 4.59. The second-order valence-corrected chi connectivity index (χ2v) is 11.4. The molecular formula is C22H25NSi. The number of hydrogen-bond acceptors (Lipinski definition) is 1. The molecule has 3 aromatic rings. The molecule has 0 amide bonds. The second-order valence-electron chi connectivity index (χ2n) is 6.98. The Bertz CT molecular complexity index is 808. The topological polar surface area (TPSA) is 3.24 Å². The quantitative estimate of drug-likeness (QED) is 0.646. The first kappa shape index (κ1) is 16.5. The molecule has 0 radical (unpaired) electrons. The Balaban J connectivity index is 2.15. The largest absolute Gasteiger partial charge is 0.377 e. The van der Waals surface area contributed by atoms with E-state index in [0.717, 1.165) is 0 Å². The van der Waals surface area contributed by atoms with E-state index in [9.17, 15) is 0 Å². The van der Waals surface area contributed by atoms with Crippen molar-refractivity contribution in [3.63, 3.8) is 0 Å². The van der Waals surface area contributed by atoms with E-state index in [1.807, 2.05) is 0 Å². The van der Waals surface area contributed by atoms with Gasteiger partial charge in [-0.1, -0.05) is 96.3 Å². The summed E-state index contributed by atoms with van der Waals surface area (Å²) in [6, 6.07) is 28.6. The first-order chi connectivity index (χ1) is 11.5. The fourth-order valence-electron chi connectivity index (χ4n) is 3.19. The minimum absolute atomic E-state index is 1.27. The number of nitrogens with zero attached hydrogens (tertiary/aromatic N) is 1. The van der Waals surface area contributed by atoms with Crippen LogP contribution in [0.1, 0.15) is 0 Å². The normalized spacial score (nSPS) is 11.3. The zero-order chi connectivity index (χ0) is 17.2. The van der Waals surface area contributed by atoms with Gasteiger partial charge in [0.25, 0.3) is 0 Å². The molecule has 3 aromatic carbocycles. The van der Waals surface area contributed by atoms with E-state index in [1.54, 1.807) is 0 Å². The van der Waals surface area contributed by atoms with E-state index in [-0.39, 0.29) is 0 Å². The maximum atomic E-state index is 2.43. The SMILES string of the molecule is CN(C)c1ccc([Si](C)(C)c2ccccc2)cc1-c1ccccc1. The Morgan fingerprint density at radius 1 is 0.667 bits per heavy atom. The summed E-state index contributed by atoms with van der Waals surface area (Å²) in [4.78, 5) is 2.20. The summed E-state index contributed by atoms with van der Waals surface area (Å²) >= 11 is 0. The lowest BCUT2D eigenvalue weighted by Gasteiger charge is -2.26. The van der Waals surface area contributed by atoms with E-state index in [4.69, 9.17) is 0 Å². The van der Waals surface area contributed by atoms with Crippen LogP contribution in [0.4, 0.5) is 5.69 Å². The maximum absolute atomic E-state index is 2.43. The van der Waals surface area contributed by atoms with Gasteiger partial charge in [-0.15, -0.1) is 0 Å². The Labute approximate surface area is 146 Å². The maximum Gasteiger partial charge on any atom is 0.112 e. The third-order valence-corrected chi connectivity index (χ3v) is 8.31. The molecule has 0 fully saturated rings. The summed E-state index contributed by atoms with van der Waals surface area (Å²) in [5.74, 6) is 0. The molecule has 0 saturated carbocycles. The smallest absolute Gasteiger partial charge is 0.112 e. The van der Waals surface area contributed by atoms with E-state index < -0.39 is 8.07 Å². The van der Waals surface area contributed by atoms with Crippen LogP contribution in [0.15, 0.2) is 78.9 Å². The van der Waals surface area contributed by atoms with Crippen molar-refractivity contribution < 1.29 is 0 Å². The Morgan fingerprint density at radius 2 is 1.25 bits per heavy atom. The highest BCUT2D eigenvalue weighted by Crippen LogP contribution is 2.29. The number of hydrogen-bond donors (Lipinski definition) is 0. The zero-order valence-corrected chi connectivity index (χ0v) is 16.0. The number of anilines is 1. The average Bonchev–Trinajstić information content (AvgIpc) is 2.62. The average molecular weight is 332 g/mol. The molecule has 0 aliphatic heterocycles. The van der Waals surface area contributed by atoms with Gasteiger partial charge in [-0.2, -0.15) is 0 Å². The lowest BCUT2D eigenvalue weighted by Crippen LogP contribution is -2.52. The van der Waals surface area contributed by atoms with E-state index in [0.29, 0.717) is 0 Å². The van der Waals surface area contributed by atoms with Crippen molar-refractivity contribution in [3.05, 3.63) is 78.9 Å². The van der Waals surface area contributed by atoms with Gasteiger partial charge < -0.3 is 4.90 Å². The predicted molar refractivity (Wildman–Crippen MR) is 109 cm³/mol. The molecule has 0 aliphatic carbocycles. The summed E-state index contributed by atoms with van der Waals surface area (Å²) in [5, 5.41) is 2.94. The van der Waals surface area contributed by atoms with E-state index in [2.05, 4.69) is 111 Å². The first-order valence-electron chi connectivity index (χ1n) is 8.43. The van der Waals surface area contributed by atoms with Crippen molar-refractivity contribution in [2.24, 2.45) is 0 Å². The van der Waals surface area contributed by atoms with Crippen molar-refractivity contribution in [3.8, 4) is 11.1 Å². The molecule has 3 rings (SSSR count). The van der Waals surface area contributed by atoms with Crippen LogP contribution in [0, 0.1) is 0 Å². The second kappa shape index (κ2) is 6.66. The molecule has 0 atom stereocenters. The minimum atomic E-state index is -1.70. The van der Waals surface area contributed by atoms with Crippen LogP contribution in [0.25, 0.3) is 11.1 Å². The van der Waals surface area contributed by atoms with Crippen molar-refractivity contribution in [1.82, 2.24) is 0 Å². The molecule has 24 heavy (non-hydrogen) atoms. The van der Waals surface area contributed by atoms with Gasteiger partial charge in [0.2, 0.25) is 0 Å². The van der Waals surface area contributed by atoms with Gasteiger partial charge in [-0.25, -0.2) is 0 Å². The summed E-state index contributed by atoms with van der Waals surface area (Å²) in [6.45, 7) is 4.86. The van der Waals surface area contributed by atoms with Gasteiger partial charge in [-0.05, 0) is 11.6 Å². The van der Waals surface area contributed by atoms with Gasteiger partial charge in [0.15, 0.2) is 0 Å². The van der Waals surface area contributed by atoms with Crippen molar-refractivity contribution in [1.29, 1.82) is 0 Å². The lowest BCUT2D eigenvalue weighted by atomic mass is 10.0. The van der Waals surface area contributed by atoms with Crippen molar-refractivity contribution in [2.45, 2.75) is 13.1 Å². The van der Waals surface area contributed by atoms with E-state index in [1.165, 1.54) is 27.2 Å². The Hall–Kier alpha value is -2.32. The summed E-state index contributed by atoms with van der Waals surface area (Å²) in [5.41, 5.74) is 3.86. The number of rotatable bonds is 4. The highest BCUT2D eigenvalue weighted by atomic mass is 28.3. The third-order valence-electron chi connectivity index (χ3n) is 4.78. The van der Waals surface area contributed by atoms with Crippen LogP contribution < -0.4 is 15.3 Å². The molecule has 1 nitrogen and oxygen atoms in total. The minimum Gasteiger partial charge on any atom is -0.377 e. The molecule has 0 bridgehead atoms. The van der Waals surface area contributed by atoms with Crippen LogP contribution >= 0.6 is 0 Å². The Morgan fingerprint density at radius 3 is 1.83 bits per heavy atom. The fraction of sp³-hybridized carbons (Fsp3) is 0.182. The van der Waals surface area contributed by atoms with Crippen LogP contribution in [0.5, 0.6) is 0 Å². The molecule has 0 heterocycles. The molecule has 0 spiro atoms. The monoisotopic (exact) mass is 331 g/mol.